The van der Waals surface area contributed by atoms with E-state index in [9.17, 15) is 19.2 Å². The molecule has 15 heteroatoms. The van der Waals surface area contributed by atoms with Crippen LogP contribution in [0.1, 0.15) is 71.1 Å². The number of aromatic nitrogens is 4. The molecule has 0 unspecified atom stereocenters. The molecule has 3 aromatic carbocycles. The number of Topliss-reactive ketones (excluding diaryl/α,β-unsaturated/α-hetero) is 1. The number of alkyl carbamates (subject to hydrolysis) is 2. The van der Waals surface area contributed by atoms with Gasteiger partial charge in [-0.25, -0.2) is 19.6 Å². The van der Waals surface area contributed by atoms with Crippen molar-refractivity contribution in [2.75, 3.05) is 27.3 Å². The maximum atomic E-state index is 14.1. The average Bonchev–Trinajstić information content (AvgIpc) is 4.08. The van der Waals surface area contributed by atoms with Crippen LogP contribution in [0.2, 0.25) is 5.15 Å². The standard InChI is InChI=1S/C44H51ClN8O6/c1-24(2)34(50-42(56)58-5)37(54)44(18-8-19-47-44)41-49-36(38(45)52-41)27-12-10-26(11-13-27)28-14-15-30-22-31(17-16-29(30)21-28)32-23-46-39(48-32)33-9-7-20-53(33)40(55)35(25(3)4)51-43(57)59-6/h10-17,21-25,33-35,47H,7-9,18-20H2,1-6H3,(H,46,48)(H,49,52)(H,50,56)(H,51,57)/t33-,34-,35-,44+/m0/s1. The highest BCUT2D eigenvalue weighted by Crippen LogP contribution is 2.38. The molecule has 14 nitrogen and oxygen atoms in total. The zero-order valence-electron chi connectivity index (χ0n) is 34.1. The van der Waals surface area contributed by atoms with Crippen LogP contribution in [0, 0.1) is 11.8 Å². The number of rotatable bonds is 12. The first-order valence-electron chi connectivity index (χ1n) is 20.1. The summed E-state index contributed by atoms with van der Waals surface area (Å²) in [5.41, 5.74) is 4.07. The van der Waals surface area contributed by atoms with Gasteiger partial charge in [0.25, 0.3) is 0 Å². The fraction of sp³-hybridized carbons (Fsp3) is 0.409. The Morgan fingerprint density at radius 2 is 1.42 bits per heavy atom. The molecule has 0 spiro atoms. The third-order valence-electron chi connectivity index (χ3n) is 11.5. The predicted molar refractivity (Wildman–Crippen MR) is 226 cm³/mol. The van der Waals surface area contributed by atoms with Crippen LogP contribution in [0.15, 0.2) is 66.9 Å². The molecule has 2 aromatic heterocycles. The van der Waals surface area contributed by atoms with Crippen molar-refractivity contribution in [1.29, 1.82) is 0 Å². The number of nitrogens with one attached hydrogen (secondary N) is 5. The number of aromatic amines is 2. The third kappa shape index (κ3) is 8.28. The molecule has 7 rings (SSSR count). The van der Waals surface area contributed by atoms with Gasteiger partial charge in [0.15, 0.2) is 5.78 Å². The monoisotopic (exact) mass is 822 g/mol. The van der Waals surface area contributed by atoms with Crippen LogP contribution < -0.4 is 16.0 Å². The summed E-state index contributed by atoms with van der Waals surface area (Å²) in [5, 5.41) is 11.2. The number of benzene rings is 3. The molecule has 2 fully saturated rings. The summed E-state index contributed by atoms with van der Waals surface area (Å²) in [6, 6.07) is 18.9. The summed E-state index contributed by atoms with van der Waals surface area (Å²) in [6.07, 6.45) is 3.39. The van der Waals surface area contributed by atoms with Crippen molar-refractivity contribution >= 4 is 46.3 Å². The van der Waals surface area contributed by atoms with E-state index < -0.39 is 29.8 Å². The first-order chi connectivity index (χ1) is 28.3. The van der Waals surface area contributed by atoms with E-state index in [2.05, 4.69) is 62.3 Å². The Balaban J connectivity index is 1.07. The van der Waals surface area contributed by atoms with Gasteiger partial charge in [0.1, 0.15) is 34.1 Å². The van der Waals surface area contributed by atoms with E-state index in [0.29, 0.717) is 42.0 Å². The topological polar surface area (TPSA) is 183 Å². The van der Waals surface area contributed by atoms with Gasteiger partial charge in [-0.1, -0.05) is 87.8 Å². The summed E-state index contributed by atoms with van der Waals surface area (Å²) >= 11 is 6.76. The SMILES string of the molecule is COC(=O)N[C@H](C(=O)N1CCC[C@H]1c1ncc(-c2ccc3cc(-c4ccc(-c5nc([C@]6(C(=O)[C@@H](NC(=O)OC)C(C)C)CCCN6)[nH]c5Cl)cc4)ccc3c2)[nH]1)C(C)C. The normalized spacial score (nSPS) is 18.9. The number of carbonyl (C=O) groups is 4. The summed E-state index contributed by atoms with van der Waals surface area (Å²) in [6.45, 7) is 8.76. The second-order valence-electron chi connectivity index (χ2n) is 16.0. The van der Waals surface area contributed by atoms with E-state index in [0.717, 1.165) is 58.0 Å². The number of halogens is 1. The van der Waals surface area contributed by atoms with E-state index in [1.54, 1.807) is 11.1 Å². The highest BCUT2D eigenvalue weighted by Gasteiger charge is 2.49. The summed E-state index contributed by atoms with van der Waals surface area (Å²) in [7, 11) is 2.56. The Kier molecular flexibility index (Phi) is 12.1. The van der Waals surface area contributed by atoms with Crippen LogP contribution in [0.25, 0.3) is 44.4 Å². The maximum Gasteiger partial charge on any atom is 0.407 e. The summed E-state index contributed by atoms with van der Waals surface area (Å²) in [4.78, 5) is 69.8. The molecule has 5 N–H and O–H groups in total. The molecular weight excluding hydrogens is 772 g/mol. The van der Waals surface area contributed by atoms with Crippen molar-refractivity contribution in [3.63, 3.8) is 0 Å². The summed E-state index contributed by atoms with van der Waals surface area (Å²) in [5.74, 6) is 0.494. The van der Waals surface area contributed by atoms with Crippen molar-refractivity contribution < 1.29 is 28.7 Å². The maximum absolute atomic E-state index is 14.1. The van der Waals surface area contributed by atoms with Gasteiger partial charge in [-0.15, -0.1) is 0 Å². The van der Waals surface area contributed by atoms with Gasteiger partial charge in [0, 0.05) is 17.7 Å². The minimum Gasteiger partial charge on any atom is -0.453 e. The molecule has 0 saturated carbocycles. The Hall–Kier alpha value is -5.73. The van der Waals surface area contributed by atoms with Gasteiger partial charge in [0.2, 0.25) is 5.91 Å². The number of ether oxygens (including phenoxy) is 2. The highest BCUT2D eigenvalue weighted by molar-refractivity contribution is 6.32. The number of ketones is 1. The molecule has 4 heterocycles. The number of methoxy groups -OCH3 is 2. The molecule has 5 aromatic rings. The number of hydrogen-bond acceptors (Lipinski definition) is 9. The van der Waals surface area contributed by atoms with Gasteiger partial charge >= 0.3 is 12.2 Å². The molecule has 2 saturated heterocycles. The van der Waals surface area contributed by atoms with E-state index in [1.165, 1.54) is 14.2 Å². The lowest BCUT2D eigenvalue weighted by Gasteiger charge is -2.32. The van der Waals surface area contributed by atoms with Crippen molar-refractivity contribution in [2.45, 2.75) is 77.0 Å². The van der Waals surface area contributed by atoms with Crippen LogP contribution in [0.4, 0.5) is 9.59 Å². The lowest BCUT2D eigenvalue weighted by Crippen LogP contribution is -2.57. The number of carbonyl (C=O) groups excluding carboxylic acids is 4. The largest absolute Gasteiger partial charge is 0.453 e. The van der Waals surface area contributed by atoms with Crippen molar-refractivity contribution in [3.8, 4) is 33.6 Å². The second kappa shape index (κ2) is 17.2. The second-order valence-corrected chi connectivity index (χ2v) is 16.4. The molecular formula is C44H51ClN8O6. The van der Waals surface area contributed by atoms with Gasteiger partial charge in [0.05, 0.1) is 38.2 Å². The molecule has 310 valence electrons. The molecule has 2 aliphatic rings. The van der Waals surface area contributed by atoms with Crippen molar-refractivity contribution in [1.82, 2.24) is 40.8 Å². The molecule has 2 aliphatic heterocycles. The predicted octanol–water partition coefficient (Wildman–Crippen LogP) is 7.51. The first-order valence-corrected chi connectivity index (χ1v) is 20.5. The van der Waals surface area contributed by atoms with Crippen molar-refractivity contribution in [3.05, 3.63) is 83.7 Å². The molecule has 59 heavy (non-hydrogen) atoms. The Labute approximate surface area is 348 Å². The first kappa shape index (κ1) is 41.4. The molecule has 0 bridgehead atoms. The molecule has 3 amide bonds. The number of H-pyrrole nitrogens is 2. The summed E-state index contributed by atoms with van der Waals surface area (Å²) < 4.78 is 9.57. The number of hydrogen-bond donors (Lipinski definition) is 5. The van der Waals surface area contributed by atoms with E-state index in [-0.39, 0.29) is 29.6 Å². The minimum atomic E-state index is -1.14. The van der Waals surface area contributed by atoms with Crippen LogP contribution >= 0.6 is 11.6 Å². The van der Waals surface area contributed by atoms with Crippen LogP contribution in [0.5, 0.6) is 0 Å². The lowest BCUT2D eigenvalue weighted by atomic mass is 9.83. The third-order valence-corrected chi connectivity index (χ3v) is 11.8. The zero-order valence-corrected chi connectivity index (χ0v) is 34.9. The van der Waals surface area contributed by atoms with Gasteiger partial charge in [-0.2, -0.15) is 0 Å². The number of fused-ring (bicyclic) bond motifs is 1. The van der Waals surface area contributed by atoms with Gasteiger partial charge in [-0.05, 0) is 78.1 Å². The van der Waals surface area contributed by atoms with E-state index >= 15 is 0 Å². The van der Waals surface area contributed by atoms with Gasteiger partial charge < -0.3 is 35.0 Å². The smallest absolute Gasteiger partial charge is 0.407 e. The lowest BCUT2D eigenvalue weighted by molar-refractivity contribution is -0.135. The number of imidazole rings is 2. The number of amides is 3. The van der Waals surface area contributed by atoms with Crippen LogP contribution in [0.3, 0.4) is 0 Å². The average molecular weight is 823 g/mol. The quantitative estimate of drug-likeness (QED) is 0.0850. The number of likely N-dealkylation sites (tertiary alicyclic amines) is 1. The fourth-order valence-electron chi connectivity index (χ4n) is 8.26. The van der Waals surface area contributed by atoms with Crippen LogP contribution in [-0.2, 0) is 24.6 Å². The van der Waals surface area contributed by atoms with E-state index in [4.69, 9.17) is 31.0 Å². The van der Waals surface area contributed by atoms with E-state index in [1.807, 2.05) is 52.0 Å². The van der Waals surface area contributed by atoms with Crippen LogP contribution in [-0.4, -0.2) is 88.1 Å². The zero-order chi connectivity index (χ0) is 42.0. The molecule has 0 aliphatic carbocycles. The Morgan fingerprint density at radius 1 is 0.814 bits per heavy atom. The number of nitrogens with zero attached hydrogens (tertiary/aromatic N) is 3. The Morgan fingerprint density at radius 3 is 2.05 bits per heavy atom. The highest BCUT2D eigenvalue weighted by atomic mass is 35.5. The Bertz CT molecular complexity index is 2350. The molecule has 0 radical (unpaired) electrons. The van der Waals surface area contributed by atoms with Gasteiger partial charge in [-0.3, -0.25) is 14.9 Å². The van der Waals surface area contributed by atoms with Crippen molar-refractivity contribution in [2.24, 2.45) is 11.8 Å². The molecule has 4 atom stereocenters. The minimum absolute atomic E-state index is 0.113. The fourth-order valence-corrected chi connectivity index (χ4v) is 8.50.